The van der Waals surface area contributed by atoms with Gasteiger partial charge in [-0.25, -0.2) is 4.98 Å². The van der Waals surface area contributed by atoms with Crippen molar-refractivity contribution in [3.63, 3.8) is 0 Å². The Morgan fingerprint density at radius 1 is 0.816 bits per heavy atom. The zero-order valence-electron chi connectivity index (χ0n) is 29.5. The van der Waals surface area contributed by atoms with E-state index in [1.165, 1.54) is 10.9 Å². The second-order valence-electron chi connectivity index (χ2n) is 14.4. The van der Waals surface area contributed by atoms with Gasteiger partial charge < -0.3 is 9.30 Å². The van der Waals surface area contributed by atoms with Gasteiger partial charge in [0.2, 0.25) is 0 Å². The zero-order valence-corrected chi connectivity index (χ0v) is 31.7. The summed E-state index contributed by atoms with van der Waals surface area (Å²) in [6.45, 7) is 17.5. The van der Waals surface area contributed by atoms with E-state index in [0.29, 0.717) is 11.5 Å². The van der Waals surface area contributed by atoms with E-state index in [2.05, 4.69) is 139 Å². The van der Waals surface area contributed by atoms with Crippen molar-refractivity contribution in [2.75, 3.05) is 0 Å². The molecule has 7 aromatic rings. The third kappa shape index (κ3) is 6.87. The Morgan fingerprint density at radius 3 is 2.31 bits per heavy atom. The van der Waals surface area contributed by atoms with Gasteiger partial charge in [-0.3, -0.25) is 4.68 Å². The molecule has 3 heterocycles. The largest absolute Gasteiger partial charge is 2.00 e. The van der Waals surface area contributed by atoms with Gasteiger partial charge in [0, 0.05) is 34.5 Å². The Hall–Kier alpha value is -4.47. The third-order valence-corrected chi connectivity index (χ3v) is 8.90. The first kappa shape index (κ1) is 34.4. The maximum Gasteiger partial charge on any atom is 2.00 e. The molecule has 0 N–H and O–H groups in total. The van der Waals surface area contributed by atoms with E-state index in [9.17, 15) is 0 Å². The van der Waals surface area contributed by atoms with Crippen molar-refractivity contribution in [2.45, 2.75) is 67.7 Å². The topological polar surface area (TPSA) is 44.9 Å². The summed E-state index contributed by atoms with van der Waals surface area (Å²) in [5.41, 5.74) is 11.0. The Morgan fingerprint density at radius 2 is 1.59 bits per heavy atom. The van der Waals surface area contributed by atoms with Crippen molar-refractivity contribution in [2.24, 2.45) is 5.41 Å². The maximum atomic E-state index is 6.62. The first-order chi connectivity index (χ1) is 22.9. The van der Waals surface area contributed by atoms with Gasteiger partial charge in [-0.2, -0.15) is 11.2 Å². The second kappa shape index (κ2) is 13.4. The summed E-state index contributed by atoms with van der Waals surface area (Å²) in [5.74, 6) is 2.40. The number of fused-ring (bicyclic) bond motifs is 3. The van der Waals surface area contributed by atoms with Gasteiger partial charge in [0.25, 0.3) is 0 Å². The van der Waals surface area contributed by atoms with Crippen molar-refractivity contribution in [1.82, 2.24) is 19.3 Å². The molecular weight excluding hydrogens is 784 g/mol. The fourth-order valence-corrected chi connectivity index (χ4v) is 6.70. The maximum absolute atomic E-state index is 6.62. The van der Waals surface area contributed by atoms with Gasteiger partial charge in [0.15, 0.2) is 0 Å². The Kier molecular flexibility index (Phi) is 9.44. The quantitative estimate of drug-likeness (QED) is 0.150. The summed E-state index contributed by atoms with van der Waals surface area (Å²) < 4.78 is 10.8. The molecule has 0 aliphatic heterocycles. The van der Waals surface area contributed by atoms with E-state index in [1.54, 1.807) is 0 Å². The van der Waals surface area contributed by atoms with Crippen LogP contribution in [0, 0.1) is 38.3 Å². The van der Waals surface area contributed by atoms with Crippen molar-refractivity contribution < 1.29 is 25.8 Å². The van der Waals surface area contributed by atoms with Gasteiger partial charge in [0.05, 0.1) is 5.69 Å². The number of ether oxygens (including phenoxy) is 1. The Bertz CT molecular complexity index is 2290. The van der Waals surface area contributed by atoms with Crippen LogP contribution in [0.15, 0.2) is 91.1 Å². The molecule has 6 heteroatoms. The molecule has 0 fully saturated rings. The first-order valence-electron chi connectivity index (χ1n) is 16.7. The molecule has 0 saturated heterocycles. The Balaban J connectivity index is 0.00000417. The van der Waals surface area contributed by atoms with Crippen LogP contribution in [-0.4, -0.2) is 19.3 Å². The molecule has 0 spiro atoms. The Labute approximate surface area is 304 Å². The van der Waals surface area contributed by atoms with Crippen LogP contribution in [0.5, 0.6) is 11.5 Å². The van der Waals surface area contributed by atoms with Crippen molar-refractivity contribution in [3.8, 4) is 34.1 Å². The number of pyridine rings is 1. The molecule has 0 amide bonds. The normalized spacial score (nSPS) is 11.8. The van der Waals surface area contributed by atoms with Gasteiger partial charge in [-0.1, -0.05) is 82.6 Å². The van der Waals surface area contributed by atoms with Gasteiger partial charge in [0.1, 0.15) is 5.82 Å². The summed E-state index contributed by atoms with van der Waals surface area (Å²) in [6.07, 6.45) is 2.86. The molecule has 0 aliphatic rings. The predicted octanol–water partition coefficient (Wildman–Crippen LogP) is 11.1. The predicted molar refractivity (Wildman–Crippen MR) is 197 cm³/mol. The molecule has 4 aromatic carbocycles. The van der Waals surface area contributed by atoms with Crippen LogP contribution in [0.25, 0.3) is 44.4 Å². The van der Waals surface area contributed by atoms with Crippen LogP contribution in [0.3, 0.4) is 0 Å². The monoisotopic (exact) mass is 825 g/mol. The van der Waals surface area contributed by atoms with Crippen LogP contribution in [0.1, 0.15) is 68.6 Å². The molecule has 49 heavy (non-hydrogen) atoms. The van der Waals surface area contributed by atoms with Crippen molar-refractivity contribution in [1.29, 1.82) is 0 Å². The molecule has 0 bridgehead atoms. The fourth-order valence-electron chi connectivity index (χ4n) is 6.70. The molecule has 0 saturated carbocycles. The minimum Gasteiger partial charge on any atom is -0.509 e. The summed E-state index contributed by atoms with van der Waals surface area (Å²) in [4.78, 5) is 4.78. The summed E-state index contributed by atoms with van der Waals surface area (Å²) in [7, 11) is 0. The average Bonchev–Trinajstić information content (AvgIpc) is 3.52. The number of aromatic nitrogens is 4. The van der Waals surface area contributed by atoms with Crippen LogP contribution >= 0.6 is 0 Å². The summed E-state index contributed by atoms with van der Waals surface area (Å²) in [6, 6.07) is 36.9. The van der Waals surface area contributed by atoms with Crippen LogP contribution < -0.4 is 4.74 Å². The van der Waals surface area contributed by atoms with E-state index in [0.717, 1.165) is 68.0 Å². The molecule has 0 aliphatic carbocycles. The number of hydrogen-bond acceptors (Lipinski definition) is 3. The van der Waals surface area contributed by atoms with E-state index in [1.807, 2.05) is 29.1 Å². The minimum absolute atomic E-state index is 0. The molecule has 7 rings (SSSR count). The first-order valence-corrected chi connectivity index (χ1v) is 16.7. The SMILES string of the molecule is Cc1ccnc(-n2c3[c-]c(Oc4[c-]c(-n5nc(C)c(-c6ccccc6)c5C)cc(C(C)C)c4)ccc3c3cc(CC(C)(C)C)ccc32)c1.[Pt+2]. The minimum atomic E-state index is 0. The summed E-state index contributed by atoms with van der Waals surface area (Å²) >= 11 is 0. The summed E-state index contributed by atoms with van der Waals surface area (Å²) in [5, 5.41) is 7.27. The van der Waals surface area contributed by atoms with E-state index in [-0.39, 0.29) is 32.4 Å². The van der Waals surface area contributed by atoms with Gasteiger partial charge in [-0.05, 0) is 84.5 Å². The number of hydrogen-bond donors (Lipinski definition) is 0. The molecule has 0 atom stereocenters. The van der Waals surface area contributed by atoms with Gasteiger partial charge in [-0.15, -0.1) is 41.3 Å². The number of benzene rings is 4. The number of nitrogens with zero attached hydrogens (tertiary/aromatic N) is 4. The van der Waals surface area contributed by atoms with E-state index in [4.69, 9.17) is 14.8 Å². The third-order valence-electron chi connectivity index (χ3n) is 8.90. The molecule has 0 radical (unpaired) electrons. The van der Waals surface area contributed by atoms with Crippen LogP contribution in [0.4, 0.5) is 0 Å². The van der Waals surface area contributed by atoms with Crippen molar-refractivity contribution in [3.05, 3.63) is 131 Å². The molecule has 3 aromatic heterocycles. The molecular formula is C43H42N4OPt. The molecule has 250 valence electrons. The van der Waals surface area contributed by atoms with Crippen LogP contribution in [0.2, 0.25) is 0 Å². The van der Waals surface area contributed by atoms with Gasteiger partial charge >= 0.3 is 21.1 Å². The molecule has 0 unspecified atom stereocenters. The van der Waals surface area contributed by atoms with Crippen LogP contribution in [-0.2, 0) is 27.5 Å². The zero-order chi connectivity index (χ0) is 33.7. The average molecular weight is 826 g/mol. The smallest absolute Gasteiger partial charge is 0.509 e. The molecule has 5 nitrogen and oxygen atoms in total. The number of aryl methyl sites for hydroxylation is 2. The second-order valence-corrected chi connectivity index (χ2v) is 14.4. The van der Waals surface area contributed by atoms with E-state index >= 15 is 0 Å². The fraction of sp³-hybridized carbons (Fsp3) is 0.256. The van der Waals surface area contributed by atoms with Crippen molar-refractivity contribution >= 4 is 21.8 Å². The van der Waals surface area contributed by atoms with E-state index < -0.39 is 0 Å². The number of rotatable bonds is 7. The standard InChI is InChI=1S/C43H42N4O.Pt/c1-27(2)33-22-34(47-30(5)42(29(4)45-47)32-12-10-9-11-13-32)24-36(23-33)48-35-15-16-37-38-21-31(26-43(6,7)8)14-17-39(38)46(40(37)25-35)41-20-28(3)18-19-44-41;/h9-23,27H,26H2,1-8H3;/q-2;+2.